The number of rotatable bonds is 6. The molecule has 0 radical (unpaired) electrons. The van der Waals surface area contributed by atoms with Crippen LogP contribution in [0.15, 0.2) is 59.1 Å². The van der Waals surface area contributed by atoms with Gasteiger partial charge in [0.25, 0.3) is 5.91 Å². The number of amides is 1. The summed E-state index contributed by atoms with van der Waals surface area (Å²) in [6.45, 7) is 0.303. The fourth-order valence-corrected chi connectivity index (χ4v) is 3.49. The minimum atomic E-state index is -0.995. The van der Waals surface area contributed by atoms with Crippen molar-refractivity contribution in [2.75, 3.05) is 18.4 Å². The standard InChI is InChI=1S/C21H20N4O4/c26-18(27)13-22-16-10-5-4-9-15(16)21(28)25-12-6-11-17(25)20-23-19(24-29-20)14-7-2-1-3-8-14/h1-5,7-10,17,22H,6,11-13H2,(H,26,27)/t17-/m1/s1. The third-order valence-corrected chi connectivity index (χ3v) is 4.86. The van der Waals surface area contributed by atoms with Crippen LogP contribution in [0.5, 0.6) is 0 Å². The van der Waals surface area contributed by atoms with Crippen LogP contribution in [0.2, 0.25) is 0 Å². The molecule has 0 unspecified atom stereocenters. The Morgan fingerprint density at radius 2 is 1.90 bits per heavy atom. The van der Waals surface area contributed by atoms with Crippen molar-refractivity contribution in [1.82, 2.24) is 15.0 Å². The Morgan fingerprint density at radius 3 is 2.69 bits per heavy atom. The van der Waals surface area contributed by atoms with E-state index in [-0.39, 0.29) is 18.5 Å². The molecule has 0 saturated carbocycles. The monoisotopic (exact) mass is 392 g/mol. The Hall–Kier alpha value is -3.68. The molecule has 148 valence electrons. The quantitative estimate of drug-likeness (QED) is 0.663. The number of benzene rings is 2. The number of likely N-dealkylation sites (tertiary alicyclic amines) is 1. The van der Waals surface area contributed by atoms with Gasteiger partial charge in [-0.3, -0.25) is 9.59 Å². The highest BCUT2D eigenvalue weighted by Gasteiger charge is 2.35. The molecule has 2 N–H and O–H groups in total. The molecule has 1 aliphatic rings. The summed E-state index contributed by atoms with van der Waals surface area (Å²) < 4.78 is 5.48. The van der Waals surface area contributed by atoms with Crippen molar-refractivity contribution in [3.8, 4) is 11.4 Å². The van der Waals surface area contributed by atoms with Crippen LogP contribution in [0.4, 0.5) is 5.69 Å². The average Bonchev–Trinajstić information content (AvgIpc) is 3.42. The number of hydrogen-bond acceptors (Lipinski definition) is 6. The van der Waals surface area contributed by atoms with Gasteiger partial charge in [0.05, 0.1) is 5.56 Å². The fourth-order valence-electron chi connectivity index (χ4n) is 3.49. The van der Waals surface area contributed by atoms with Crippen molar-refractivity contribution in [1.29, 1.82) is 0 Å². The van der Waals surface area contributed by atoms with Gasteiger partial charge >= 0.3 is 5.97 Å². The van der Waals surface area contributed by atoms with Crippen molar-refractivity contribution < 1.29 is 19.2 Å². The van der Waals surface area contributed by atoms with E-state index in [2.05, 4.69) is 15.5 Å². The lowest BCUT2D eigenvalue weighted by Gasteiger charge is -2.23. The van der Waals surface area contributed by atoms with Gasteiger partial charge in [-0.1, -0.05) is 47.6 Å². The zero-order chi connectivity index (χ0) is 20.2. The third-order valence-electron chi connectivity index (χ3n) is 4.86. The number of aliphatic carboxylic acids is 1. The molecular weight excluding hydrogens is 372 g/mol. The molecule has 0 bridgehead atoms. The lowest BCUT2D eigenvalue weighted by Crippen LogP contribution is -2.31. The number of hydrogen-bond donors (Lipinski definition) is 2. The predicted octanol–water partition coefficient (Wildman–Crippen LogP) is 3.21. The van der Waals surface area contributed by atoms with Gasteiger partial charge in [-0.2, -0.15) is 4.98 Å². The summed E-state index contributed by atoms with van der Waals surface area (Å²) in [6, 6.07) is 16.1. The number of carboxylic acids is 1. The molecule has 1 saturated heterocycles. The van der Waals surface area contributed by atoms with Crippen LogP contribution in [-0.4, -0.2) is 45.1 Å². The Balaban J connectivity index is 1.57. The molecule has 29 heavy (non-hydrogen) atoms. The minimum Gasteiger partial charge on any atom is -0.480 e. The van der Waals surface area contributed by atoms with Crippen molar-refractivity contribution in [2.45, 2.75) is 18.9 Å². The second kappa shape index (κ2) is 8.14. The Morgan fingerprint density at radius 1 is 1.14 bits per heavy atom. The van der Waals surface area contributed by atoms with E-state index in [1.54, 1.807) is 29.2 Å². The molecule has 3 aromatic rings. The van der Waals surface area contributed by atoms with Crippen molar-refractivity contribution in [3.05, 3.63) is 66.1 Å². The molecule has 8 heteroatoms. The zero-order valence-corrected chi connectivity index (χ0v) is 15.6. The maximum Gasteiger partial charge on any atom is 0.322 e. The summed E-state index contributed by atoms with van der Waals surface area (Å²) in [7, 11) is 0. The molecule has 1 aliphatic heterocycles. The van der Waals surface area contributed by atoms with E-state index in [0.717, 1.165) is 18.4 Å². The van der Waals surface area contributed by atoms with E-state index in [1.165, 1.54) is 0 Å². The highest BCUT2D eigenvalue weighted by Crippen LogP contribution is 2.34. The van der Waals surface area contributed by atoms with Crippen LogP contribution >= 0.6 is 0 Å². The maximum absolute atomic E-state index is 13.2. The number of aromatic nitrogens is 2. The normalized spacial score (nSPS) is 16.0. The number of nitrogens with one attached hydrogen (secondary N) is 1. The van der Waals surface area contributed by atoms with E-state index < -0.39 is 5.97 Å². The van der Waals surface area contributed by atoms with Crippen molar-refractivity contribution >= 4 is 17.6 Å². The van der Waals surface area contributed by atoms with E-state index >= 15 is 0 Å². The van der Waals surface area contributed by atoms with Gasteiger partial charge in [0.15, 0.2) is 0 Å². The largest absolute Gasteiger partial charge is 0.480 e. The molecule has 2 aromatic carbocycles. The van der Waals surface area contributed by atoms with Gasteiger partial charge < -0.3 is 19.8 Å². The van der Waals surface area contributed by atoms with Crippen molar-refractivity contribution in [2.24, 2.45) is 0 Å². The predicted molar refractivity (Wildman–Crippen MR) is 105 cm³/mol. The molecule has 0 spiro atoms. The maximum atomic E-state index is 13.2. The van der Waals surface area contributed by atoms with Gasteiger partial charge in [0.2, 0.25) is 11.7 Å². The van der Waals surface area contributed by atoms with E-state index in [9.17, 15) is 9.59 Å². The summed E-state index contributed by atoms with van der Waals surface area (Å²) in [4.78, 5) is 30.3. The second-order valence-corrected chi connectivity index (χ2v) is 6.77. The van der Waals surface area contributed by atoms with E-state index in [1.807, 2.05) is 30.3 Å². The average molecular weight is 392 g/mol. The lowest BCUT2D eigenvalue weighted by molar-refractivity contribution is -0.134. The number of carbonyl (C=O) groups is 2. The molecule has 1 amide bonds. The smallest absolute Gasteiger partial charge is 0.322 e. The van der Waals surface area contributed by atoms with Crippen LogP contribution in [-0.2, 0) is 4.79 Å². The number of para-hydroxylation sites is 1. The number of carboxylic acid groups (broad SMARTS) is 1. The topological polar surface area (TPSA) is 109 Å². The zero-order valence-electron chi connectivity index (χ0n) is 15.6. The molecule has 1 aromatic heterocycles. The van der Waals surface area contributed by atoms with Crippen LogP contribution in [0.3, 0.4) is 0 Å². The van der Waals surface area contributed by atoms with Crippen LogP contribution in [0.25, 0.3) is 11.4 Å². The Kier molecular flexibility index (Phi) is 5.24. The first-order valence-corrected chi connectivity index (χ1v) is 9.38. The molecule has 0 aliphatic carbocycles. The Bertz CT molecular complexity index is 1020. The first-order valence-electron chi connectivity index (χ1n) is 9.38. The van der Waals surface area contributed by atoms with Crippen LogP contribution in [0.1, 0.15) is 35.1 Å². The summed E-state index contributed by atoms with van der Waals surface area (Å²) in [5.41, 5.74) is 1.76. The second-order valence-electron chi connectivity index (χ2n) is 6.77. The number of carbonyl (C=O) groups excluding carboxylic acids is 1. The summed E-state index contributed by atoms with van der Waals surface area (Å²) in [6.07, 6.45) is 1.55. The minimum absolute atomic E-state index is 0.194. The van der Waals surface area contributed by atoms with Crippen molar-refractivity contribution in [3.63, 3.8) is 0 Å². The first-order chi connectivity index (χ1) is 14.1. The fraction of sp³-hybridized carbons (Fsp3) is 0.238. The highest BCUT2D eigenvalue weighted by molar-refractivity contribution is 6.00. The third kappa shape index (κ3) is 3.96. The molecule has 8 nitrogen and oxygen atoms in total. The van der Waals surface area contributed by atoms with Crippen LogP contribution < -0.4 is 5.32 Å². The molecule has 2 heterocycles. The number of nitrogens with zero attached hydrogens (tertiary/aromatic N) is 3. The lowest BCUT2D eigenvalue weighted by atomic mass is 10.1. The summed E-state index contributed by atoms with van der Waals surface area (Å²) >= 11 is 0. The molecule has 1 fully saturated rings. The molecular formula is C21H20N4O4. The van der Waals surface area contributed by atoms with Gasteiger partial charge in [-0.05, 0) is 25.0 Å². The highest BCUT2D eigenvalue weighted by atomic mass is 16.5. The summed E-state index contributed by atoms with van der Waals surface area (Å²) in [5, 5.41) is 15.8. The van der Waals surface area contributed by atoms with Crippen LogP contribution in [0, 0.1) is 0 Å². The summed E-state index contributed by atoms with van der Waals surface area (Å²) in [5.74, 6) is -0.292. The first kappa shape index (κ1) is 18.7. The van der Waals surface area contributed by atoms with Gasteiger partial charge in [-0.15, -0.1) is 0 Å². The molecule has 4 rings (SSSR count). The van der Waals surface area contributed by atoms with E-state index in [4.69, 9.17) is 9.63 Å². The van der Waals surface area contributed by atoms with E-state index in [0.29, 0.717) is 29.5 Å². The van der Waals surface area contributed by atoms with Gasteiger partial charge in [0, 0.05) is 17.8 Å². The number of anilines is 1. The SMILES string of the molecule is O=C(O)CNc1ccccc1C(=O)N1CCC[C@@H]1c1nc(-c2ccccc2)no1. The van der Waals surface area contributed by atoms with Gasteiger partial charge in [-0.25, -0.2) is 0 Å². The Labute approximate surface area is 167 Å². The van der Waals surface area contributed by atoms with Gasteiger partial charge in [0.1, 0.15) is 12.6 Å². The molecule has 1 atom stereocenters.